The van der Waals surface area contributed by atoms with E-state index in [1.807, 2.05) is 36.4 Å². The van der Waals surface area contributed by atoms with E-state index in [2.05, 4.69) is 28.2 Å². The van der Waals surface area contributed by atoms with Crippen molar-refractivity contribution in [1.29, 1.82) is 0 Å². The van der Waals surface area contributed by atoms with E-state index in [-0.39, 0.29) is 12.8 Å². The largest absolute Gasteiger partial charge is 0.454 e. The summed E-state index contributed by atoms with van der Waals surface area (Å²) in [5, 5.41) is 4.25. The average molecular weight is 369 g/mol. The van der Waals surface area contributed by atoms with Gasteiger partial charge in [-0.15, -0.1) is 0 Å². The zero-order valence-electron chi connectivity index (χ0n) is 11.5. The van der Waals surface area contributed by atoms with Gasteiger partial charge in [-0.1, -0.05) is 29.8 Å². The number of nitrogens with one attached hydrogen (secondary N) is 1. The Morgan fingerprint density at radius 2 is 2.10 bits per heavy atom. The van der Waals surface area contributed by atoms with Crippen molar-refractivity contribution in [2.24, 2.45) is 0 Å². The fraction of sp³-hybridized carbons (Fsp3) is 0.250. The third-order valence-electron chi connectivity index (χ3n) is 3.47. The summed E-state index contributed by atoms with van der Waals surface area (Å²) < 4.78 is 11.7. The first-order chi connectivity index (χ1) is 10.1. The molecule has 0 unspecified atom stereocenters. The van der Waals surface area contributed by atoms with E-state index in [4.69, 9.17) is 21.1 Å². The molecule has 1 heterocycles. The monoisotopic (exact) mass is 367 g/mol. The van der Waals surface area contributed by atoms with Gasteiger partial charge in [-0.2, -0.15) is 0 Å². The van der Waals surface area contributed by atoms with E-state index in [0.717, 1.165) is 38.7 Å². The molecule has 0 aliphatic carbocycles. The Hall–Kier alpha value is -1.23. The predicted octanol–water partition coefficient (Wildman–Crippen LogP) is 4.68. The van der Waals surface area contributed by atoms with E-state index in [1.165, 1.54) is 0 Å². The molecule has 0 radical (unpaired) electrons. The lowest BCUT2D eigenvalue weighted by atomic mass is 10.1. The third kappa shape index (κ3) is 3.18. The molecule has 0 saturated carbocycles. The first-order valence-electron chi connectivity index (χ1n) is 6.71. The van der Waals surface area contributed by atoms with E-state index < -0.39 is 0 Å². The molecule has 1 aliphatic heterocycles. The molecule has 0 fully saturated rings. The molecule has 5 heteroatoms. The molecule has 1 aliphatic rings. The number of rotatable bonds is 4. The summed E-state index contributed by atoms with van der Waals surface area (Å²) in [5.41, 5.74) is 2.23. The van der Waals surface area contributed by atoms with Crippen molar-refractivity contribution >= 4 is 27.5 Å². The highest BCUT2D eigenvalue weighted by Gasteiger charge is 2.18. The number of benzene rings is 2. The Balaban J connectivity index is 1.71. The zero-order valence-corrected chi connectivity index (χ0v) is 13.9. The van der Waals surface area contributed by atoms with Gasteiger partial charge >= 0.3 is 0 Å². The minimum atomic E-state index is 0.169. The molecule has 0 bridgehead atoms. The number of hydrogen-bond donors (Lipinski definition) is 1. The Bertz CT molecular complexity index is 663. The minimum absolute atomic E-state index is 0.169. The summed E-state index contributed by atoms with van der Waals surface area (Å²) in [6, 6.07) is 12.1. The molecular formula is C16H15BrClNO2. The second-order valence-electron chi connectivity index (χ2n) is 4.94. The van der Waals surface area contributed by atoms with E-state index >= 15 is 0 Å². The number of halogens is 2. The van der Waals surface area contributed by atoms with Crippen molar-refractivity contribution in [1.82, 2.24) is 5.32 Å². The van der Waals surface area contributed by atoms with Crippen molar-refractivity contribution in [2.75, 3.05) is 6.79 Å². The van der Waals surface area contributed by atoms with Crippen molar-refractivity contribution in [3.05, 3.63) is 57.0 Å². The number of fused-ring (bicyclic) bond motifs is 1. The molecule has 2 aromatic carbocycles. The van der Waals surface area contributed by atoms with Crippen molar-refractivity contribution in [3.8, 4) is 11.5 Å². The van der Waals surface area contributed by atoms with Crippen molar-refractivity contribution in [3.63, 3.8) is 0 Å². The maximum atomic E-state index is 6.22. The van der Waals surface area contributed by atoms with Crippen LogP contribution in [-0.2, 0) is 6.54 Å². The van der Waals surface area contributed by atoms with Gasteiger partial charge in [0.2, 0.25) is 6.79 Å². The molecule has 0 aromatic heterocycles. The van der Waals surface area contributed by atoms with Gasteiger partial charge in [-0.3, -0.25) is 0 Å². The molecule has 1 N–H and O–H groups in total. The minimum Gasteiger partial charge on any atom is -0.454 e. The predicted molar refractivity (Wildman–Crippen MR) is 87.0 cm³/mol. The van der Waals surface area contributed by atoms with Crippen LogP contribution in [-0.4, -0.2) is 6.79 Å². The molecule has 3 rings (SSSR count). The van der Waals surface area contributed by atoms with Crippen LogP contribution in [0.4, 0.5) is 0 Å². The van der Waals surface area contributed by atoms with Crippen LogP contribution in [0.2, 0.25) is 5.02 Å². The molecule has 110 valence electrons. The Morgan fingerprint density at radius 1 is 1.29 bits per heavy atom. The highest BCUT2D eigenvalue weighted by Crippen LogP contribution is 2.40. The standard InChI is InChI=1S/C16H15BrClNO2/c1-10(12-4-2-3-5-14(12)18)19-8-11-6-13(17)16-15(7-11)20-9-21-16/h2-7,10,19H,8-9H2,1H3/t10-/m0/s1. The SMILES string of the molecule is C[C@H](NCc1cc(Br)c2c(c1)OCO2)c1ccccc1Cl. The van der Waals surface area contributed by atoms with E-state index in [1.54, 1.807) is 0 Å². The Morgan fingerprint density at radius 3 is 2.90 bits per heavy atom. The Kier molecular flexibility index (Phi) is 4.38. The van der Waals surface area contributed by atoms with Crippen LogP contribution in [0.1, 0.15) is 24.1 Å². The van der Waals surface area contributed by atoms with Crippen LogP contribution in [0, 0.1) is 0 Å². The molecule has 0 spiro atoms. The van der Waals surface area contributed by atoms with Crippen LogP contribution in [0.15, 0.2) is 40.9 Å². The molecule has 1 atom stereocenters. The lowest BCUT2D eigenvalue weighted by molar-refractivity contribution is 0.173. The van der Waals surface area contributed by atoms with Gasteiger partial charge in [-0.05, 0) is 52.2 Å². The van der Waals surface area contributed by atoms with Gasteiger partial charge in [0.25, 0.3) is 0 Å². The summed E-state index contributed by atoms with van der Waals surface area (Å²) in [6.07, 6.45) is 0. The summed E-state index contributed by atoms with van der Waals surface area (Å²) in [6.45, 7) is 3.10. The topological polar surface area (TPSA) is 30.5 Å². The molecular weight excluding hydrogens is 354 g/mol. The van der Waals surface area contributed by atoms with Crippen LogP contribution in [0.3, 0.4) is 0 Å². The van der Waals surface area contributed by atoms with Gasteiger partial charge in [-0.25, -0.2) is 0 Å². The first-order valence-corrected chi connectivity index (χ1v) is 7.88. The molecule has 0 amide bonds. The average Bonchev–Trinajstić information content (AvgIpc) is 2.94. The second kappa shape index (κ2) is 6.26. The molecule has 0 saturated heterocycles. The number of hydrogen-bond acceptors (Lipinski definition) is 3. The van der Waals surface area contributed by atoms with Crippen LogP contribution < -0.4 is 14.8 Å². The van der Waals surface area contributed by atoms with Gasteiger partial charge in [0.1, 0.15) is 0 Å². The van der Waals surface area contributed by atoms with E-state index in [9.17, 15) is 0 Å². The van der Waals surface area contributed by atoms with E-state index in [0.29, 0.717) is 0 Å². The lowest BCUT2D eigenvalue weighted by Gasteiger charge is -2.16. The summed E-state index contributed by atoms with van der Waals surface area (Å²) in [5.74, 6) is 1.56. The molecule has 21 heavy (non-hydrogen) atoms. The first kappa shape index (κ1) is 14.7. The maximum Gasteiger partial charge on any atom is 0.231 e. The normalized spacial score (nSPS) is 14.2. The molecule has 2 aromatic rings. The molecule has 3 nitrogen and oxygen atoms in total. The summed E-state index contributed by atoms with van der Waals surface area (Å²) in [4.78, 5) is 0. The van der Waals surface area contributed by atoms with Gasteiger partial charge in [0.05, 0.1) is 4.47 Å². The van der Waals surface area contributed by atoms with Gasteiger partial charge in [0, 0.05) is 17.6 Å². The summed E-state index contributed by atoms with van der Waals surface area (Å²) in [7, 11) is 0. The number of ether oxygens (including phenoxy) is 2. The highest BCUT2D eigenvalue weighted by atomic mass is 79.9. The maximum absolute atomic E-state index is 6.22. The second-order valence-corrected chi connectivity index (χ2v) is 6.20. The van der Waals surface area contributed by atoms with Crippen LogP contribution >= 0.6 is 27.5 Å². The fourth-order valence-electron chi connectivity index (χ4n) is 2.33. The highest BCUT2D eigenvalue weighted by molar-refractivity contribution is 9.10. The van der Waals surface area contributed by atoms with Crippen LogP contribution in [0.25, 0.3) is 0 Å². The van der Waals surface area contributed by atoms with Gasteiger partial charge < -0.3 is 14.8 Å². The smallest absolute Gasteiger partial charge is 0.231 e. The lowest BCUT2D eigenvalue weighted by Crippen LogP contribution is -2.18. The fourth-order valence-corrected chi connectivity index (χ4v) is 3.23. The van der Waals surface area contributed by atoms with Crippen molar-refractivity contribution < 1.29 is 9.47 Å². The third-order valence-corrected chi connectivity index (χ3v) is 4.40. The van der Waals surface area contributed by atoms with Crippen LogP contribution in [0.5, 0.6) is 11.5 Å². The zero-order chi connectivity index (χ0) is 14.8. The van der Waals surface area contributed by atoms with Gasteiger partial charge in [0.15, 0.2) is 11.5 Å². The summed E-state index contributed by atoms with van der Waals surface area (Å²) >= 11 is 9.73. The quantitative estimate of drug-likeness (QED) is 0.850. The Labute approximate surface area is 137 Å². The van der Waals surface area contributed by atoms with Crippen molar-refractivity contribution in [2.45, 2.75) is 19.5 Å².